The molecule has 2 heterocycles. The number of amides is 1. The first kappa shape index (κ1) is 19.8. The molecule has 1 aliphatic carbocycles. The minimum Gasteiger partial charge on any atom is -0.382 e. The third-order valence-electron chi connectivity index (χ3n) is 6.73. The summed E-state index contributed by atoms with van der Waals surface area (Å²) in [5.74, 6) is -0.296. The van der Waals surface area contributed by atoms with E-state index < -0.39 is 5.91 Å². The normalized spacial score (nSPS) is 21.1. The molecule has 31 heavy (non-hydrogen) atoms. The number of nitrogens with two attached hydrogens (primary N) is 2. The summed E-state index contributed by atoms with van der Waals surface area (Å²) in [5, 5.41) is 4.62. The quantitative estimate of drug-likeness (QED) is 0.596. The van der Waals surface area contributed by atoms with Crippen molar-refractivity contribution in [2.24, 2.45) is 11.5 Å². The summed E-state index contributed by atoms with van der Waals surface area (Å²) in [4.78, 5) is 24.8. The van der Waals surface area contributed by atoms with E-state index in [0.29, 0.717) is 12.0 Å². The summed E-state index contributed by atoms with van der Waals surface area (Å²) in [5.41, 5.74) is 17.1. The number of carbonyl (C=O) groups excluding carboxylic acids is 2. The standard InChI is InChI=1S/C25H28N4O2/c26-16-9-11-17(12-10-16)28-20-14-15(8-13-18(20)25(27)31)24-19-4-1-2-5-21(19)29-22(24)6-3-7-23(29)30/h1-2,4-5,8,13-14,16-17,28H,3,6-7,9-12,26H2,(H2,27,31)/t16-,17-. The maximum Gasteiger partial charge on any atom is 0.250 e. The van der Waals surface area contributed by atoms with E-state index in [4.69, 9.17) is 11.5 Å². The van der Waals surface area contributed by atoms with Crippen molar-refractivity contribution < 1.29 is 9.59 Å². The second kappa shape index (κ2) is 7.85. The van der Waals surface area contributed by atoms with Gasteiger partial charge < -0.3 is 16.8 Å². The smallest absolute Gasteiger partial charge is 0.250 e. The van der Waals surface area contributed by atoms with E-state index in [9.17, 15) is 9.59 Å². The molecule has 6 heteroatoms. The monoisotopic (exact) mass is 416 g/mol. The van der Waals surface area contributed by atoms with Crippen LogP contribution < -0.4 is 16.8 Å². The van der Waals surface area contributed by atoms with Gasteiger partial charge in [-0.15, -0.1) is 0 Å². The Hall–Kier alpha value is -3.12. The van der Waals surface area contributed by atoms with Crippen LogP contribution in [0.2, 0.25) is 0 Å². The lowest BCUT2D eigenvalue weighted by Gasteiger charge is -2.28. The van der Waals surface area contributed by atoms with Gasteiger partial charge in [0.1, 0.15) is 0 Å². The average molecular weight is 417 g/mol. The van der Waals surface area contributed by atoms with Crippen LogP contribution in [0.3, 0.4) is 0 Å². The van der Waals surface area contributed by atoms with Crippen LogP contribution in [0.1, 0.15) is 59.4 Å². The number of rotatable bonds is 4. The van der Waals surface area contributed by atoms with Gasteiger partial charge in [0.15, 0.2) is 0 Å². The first-order chi connectivity index (χ1) is 15.0. The molecule has 1 fully saturated rings. The molecule has 5 N–H and O–H groups in total. The largest absolute Gasteiger partial charge is 0.382 e. The van der Waals surface area contributed by atoms with E-state index in [1.165, 1.54) is 0 Å². The Labute approximate surface area is 181 Å². The number of carbonyl (C=O) groups is 2. The highest BCUT2D eigenvalue weighted by Crippen LogP contribution is 2.39. The molecule has 0 bridgehead atoms. The molecule has 6 nitrogen and oxygen atoms in total. The van der Waals surface area contributed by atoms with Crippen LogP contribution in [-0.2, 0) is 6.42 Å². The fourth-order valence-corrected chi connectivity index (χ4v) is 5.17. The fraction of sp³-hybridized carbons (Fsp3) is 0.360. The molecule has 1 aromatic heterocycles. The zero-order valence-electron chi connectivity index (χ0n) is 17.6. The molecule has 0 saturated heterocycles. The van der Waals surface area contributed by atoms with Crippen molar-refractivity contribution in [2.75, 3.05) is 5.32 Å². The summed E-state index contributed by atoms with van der Waals surface area (Å²) in [6.45, 7) is 0. The van der Waals surface area contributed by atoms with Gasteiger partial charge in [0, 0.05) is 40.8 Å². The van der Waals surface area contributed by atoms with Crippen LogP contribution in [0.5, 0.6) is 0 Å². The average Bonchev–Trinajstić information content (AvgIpc) is 3.11. The molecule has 1 aliphatic heterocycles. The van der Waals surface area contributed by atoms with Gasteiger partial charge in [0.05, 0.1) is 11.1 Å². The number of fused-ring (bicyclic) bond motifs is 3. The van der Waals surface area contributed by atoms with Gasteiger partial charge in [-0.05, 0) is 62.3 Å². The second-order valence-corrected chi connectivity index (χ2v) is 8.80. The topological polar surface area (TPSA) is 103 Å². The van der Waals surface area contributed by atoms with Gasteiger partial charge >= 0.3 is 0 Å². The zero-order chi connectivity index (χ0) is 21.5. The minimum atomic E-state index is -0.444. The molecule has 0 atom stereocenters. The molecular formula is C25H28N4O2. The van der Waals surface area contributed by atoms with Crippen molar-refractivity contribution in [2.45, 2.75) is 57.0 Å². The number of benzene rings is 2. The third-order valence-corrected chi connectivity index (χ3v) is 6.73. The molecule has 0 unspecified atom stereocenters. The molecular weight excluding hydrogens is 388 g/mol. The Balaban J connectivity index is 1.62. The van der Waals surface area contributed by atoms with Crippen molar-refractivity contribution >= 4 is 28.4 Å². The molecule has 0 radical (unpaired) electrons. The van der Waals surface area contributed by atoms with Crippen LogP contribution in [-0.4, -0.2) is 28.5 Å². The van der Waals surface area contributed by atoms with E-state index in [0.717, 1.165) is 71.9 Å². The molecule has 2 aliphatic rings. The second-order valence-electron chi connectivity index (χ2n) is 8.80. The number of aromatic nitrogens is 1. The van der Waals surface area contributed by atoms with E-state index in [1.54, 1.807) is 6.07 Å². The highest BCUT2D eigenvalue weighted by atomic mass is 16.2. The number of para-hydroxylation sites is 1. The summed E-state index contributed by atoms with van der Waals surface area (Å²) >= 11 is 0. The Kier molecular flexibility index (Phi) is 5.02. The van der Waals surface area contributed by atoms with Gasteiger partial charge in [-0.3, -0.25) is 14.2 Å². The molecule has 5 rings (SSSR count). The van der Waals surface area contributed by atoms with Crippen LogP contribution in [0.15, 0.2) is 42.5 Å². The van der Waals surface area contributed by atoms with Crippen molar-refractivity contribution in [3.05, 3.63) is 53.7 Å². The Bertz CT molecular complexity index is 1170. The Morgan fingerprint density at radius 1 is 1.03 bits per heavy atom. The number of nitrogens with zero attached hydrogens (tertiary/aromatic N) is 1. The minimum absolute atomic E-state index is 0.148. The summed E-state index contributed by atoms with van der Waals surface area (Å²) in [7, 11) is 0. The van der Waals surface area contributed by atoms with Gasteiger partial charge in [-0.25, -0.2) is 0 Å². The van der Waals surface area contributed by atoms with Crippen molar-refractivity contribution in [1.82, 2.24) is 4.57 Å². The number of primary amides is 1. The Morgan fingerprint density at radius 3 is 2.58 bits per heavy atom. The van der Waals surface area contributed by atoms with Gasteiger partial charge in [-0.2, -0.15) is 0 Å². The summed E-state index contributed by atoms with van der Waals surface area (Å²) in [6, 6.07) is 14.4. The van der Waals surface area contributed by atoms with E-state index in [2.05, 4.69) is 11.4 Å². The predicted molar refractivity (Wildman–Crippen MR) is 123 cm³/mol. The van der Waals surface area contributed by atoms with Crippen molar-refractivity contribution in [3.63, 3.8) is 0 Å². The summed E-state index contributed by atoms with van der Waals surface area (Å²) < 4.78 is 1.88. The van der Waals surface area contributed by atoms with Gasteiger partial charge in [-0.1, -0.05) is 24.3 Å². The number of hydrogen-bond acceptors (Lipinski definition) is 4. The molecule has 160 valence electrons. The van der Waals surface area contributed by atoms with Gasteiger partial charge in [0.2, 0.25) is 5.91 Å². The Morgan fingerprint density at radius 2 is 1.81 bits per heavy atom. The van der Waals surface area contributed by atoms with Crippen LogP contribution in [0.25, 0.3) is 22.0 Å². The number of nitrogens with one attached hydrogen (secondary N) is 1. The highest BCUT2D eigenvalue weighted by molar-refractivity contribution is 6.06. The lowest BCUT2D eigenvalue weighted by atomic mass is 9.91. The third kappa shape index (κ3) is 3.51. The van der Waals surface area contributed by atoms with Crippen molar-refractivity contribution in [3.8, 4) is 11.1 Å². The van der Waals surface area contributed by atoms with Crippen LogP contribution >= 0.6 is 0 Å². The van der Waals surface area contributed by atoms with E-state index in [-0.39, 0.29) is 18.0 Å². The molecule has 2 aromatic carbocycles. The number of anilines is 1. The lowest BCUT2D eigenvalue weighted by Crippen LogP contribution is -2.33. The molecule has 1 saturated carbocycles. The number of hydrogen-bond donors (Lipinski definition) is 3. The van der Waals surface area contributed by atoms with E-state index >= 15 is 0 Å². The van der Waals surface area contributed by atoms with Crippen LogP contribution in [0.4, 0.5) is 5.69 Å². The predicted octanol–water partition coefficient (Wildman–Crippen LogP) is 4.07. The first-order valence-electron chi connectivity index (χ1n) is 11.1. The molecule has 1 amide bonds. The van der Waals surface area contributed by atoms with Crippen molar-refractivity contribution in [1.29, 1.82) is 0 Å². The maximum atomic E-state index is 12.7. The highest BCUT2D eigenvalue weighted by Gasteiger charge is 2.26. The first-order valence-corrected chi connectivity index (χ1v) is 11.1. The molecule has 3 aromatic rings. The fourth-order valence-electron chi connectivity index (χ4n) is 5.17. The van der Waals surface area contributed by atoms with E-state index in [1.807, 2.05) is 34.9 Å². The zero-order valence-corrected chi connectivity index (χ0v) is 17.6. The summed E-state index contributed by atoms with van der Waals surface area (Å²) in [6.07, 6.45) is 6.19. The lowest BCUT2D eigenvalue weighted by molar-refractivity contribution is 0.0889. The SMILES string of the molecule is NC(=O)c1ccc(-c2c3n(c4ccccc24)C(=O)CCC3)cc1N[C@H]1CC[C@H](N)CC1. The van der Waals surface area contributed by atoms with Gasteiger partial charge in [0.25, 0.3) is 5.91 Å². The maximum absolute atomic E-state index is 12.7. The van der Waals surface area contributed by atoms with Crippen LogP contribution in [0, 0.1) is 0 Å². The molecule has 0 spiro atoms.